The number of sulfonamides is 2. The van der Waals surface area contributed by atoms with E-state index in [4.69, 9.17) is 4.55 Å². The quantitative estimate of drug-likeness (QED) is 0.478. The average molecular weight is 513 g/mol. The van der Waals surface area contributed by atoms with Gasteiger partial charge in [-0.25, -0.2) is 13.1 Å². The molecule has 2 heterocycles. The summed E-state index contributed by atoms with van der Waals surface area (Å²) in [5.41, 5.74) is 0. The van der Waals surface area contributed by atoms with E-state index < -0.39 is 30.2 Å². The Morgan fingerprint density at radius 2 is 1.84 bits per heavy atom. The van der Waals surface area contributed by atoms with Gasteiger partial charge in [0.2, 0.25) is 10.0 Å². The Labute approximate surface area is 186 Å². The summed E-state index contributed by atoms with van der Waals surface area (Å²) in [5, 5.41) is 0.326. The third kappa shape index (κ3) is 6.18. The molecule has 0 unspecified atom stereocenters. The monoisotopic (exact) mass is 512 g/mol. The topological polar surface area (TPSA) is 154 Å². The molecule has 15 heteroatoms. The molecule has 0 spiro atoms. The molecule has 0 radical (unpaired) electrons. The summed E-state index contributed by atoms with van der Waals surface area (Å²) in [7, 11) is -11.8. The third-order valence-electron chi connectivity index (χ3n) is 4.76. The highest BCUT2D eigenvalue weighted by molar-refractivity contribution is 8.15. The van der Waals surface area contributed by atoms with E-state index in [-0.39, 0.29) is 22.1 Å². The zero-order chi connectivity index (χ0) is 22.9. The SMILES string of the molecule is CCNS(=O)(=O)c1ccc2c(c1)S(=O)(=O)N=C(N1CCN(CCCS(=O)(=O)O)CC1)S2. The van der Waals surface area contributed by atoms with Crippen molar-refractivity contribution in [2.75, 3.05) is 45.0 Å². The van der Waals surface area contributed by atoms with Crippen molar-refractivity contribution in [2.24, 2.45) is 4.40 Å². The van der Waals surface area contributed by atoms with E-state index >= 15 is 0 Å². The molecule has 1 aromatic rings. The summed E-state index contributed by atoms with van der Waals surface area (Å²) < 4.78 is 86.5. The first-order valence-corrected chi connectivity index (χ1v) is 14.9. The van der Waals surface area contributed by atoms with E-state index in [2.05, 4.69) is 9.12 Å². The lowest BCUT2D eigenvalue weighted by atomic mass is 10.3. The summed E-state index contributed by atoms with van der Waals surface area (Å²) in [6.07, 6.45) is 0.314. The summed E-state index contributed by atoms with van der Waals surface area (Å²) in [4.78, 5) is 4.03. The van der Waals surface area contributed by atoms with Crippen LogP contribution in [0.5, 0.6) is 0 Å². The summed E-state index contributed by atoms with van der Waals surface area (Å²) in [5.74, 6) is -0.295. The molecule has 1 aromatic carbocycles. The number of nitrogens with zero attached hydrogens (tertiary/aromatic N) is 3. The van der Waals surface area contributed by atoms with Crippen molar-refractivity contribution >= 4 is 47.1 Å². The third-order valence-corrected chi connectivity index (χ3v) is 9.76. The van der Waals surface area contributed by atoms with Gasteiger partial charge in [0.15, 0.2) is 5.17 Å². The Morgan fingerprint density at radius 3 is 2.45 bits per heavy atom. The smallest absolute Gasteiger partial charge is 0.285 e. The van der Waals surface area contributed by atoms with E-state index in [1.165, 1.54) is 23.9 Å². The molecule has 174 valence electrons. The average Bonchev–Trinajstić information content (AvgIpc) is 2.66. The highest BCUT2D eigenvalue weighted by atomic mass is 32.2. The highest BCUT2D eigenvalue weighted by Gasteiger charge is 2.31. The lowest BCUT2D eigenvalue weighted by molar-refractivity contribution is 0.184. The van der Waals surface area contributed by atoms with Crippen molar-refractivity contribution in [2.45, 2.75) is 28.0 Å². The summed E-state index contributed by atoms with van der Waals surface area (Å²) in [6, 6.07) is 3.97. The zero-order valence-corrected chi connectivity index (χ0v) is 20.0. The number of hydrogen-bond acceptors (Lipinski definition) is 9. The van der Waals surface area contributed by atoms with Gasteiger partial charge in [-0.2, -0.15) is 16.8 Å². The van der Waals surface area contributed by atoms with Crippen LogP contribution < -0.4 is 4.72 Å². The molecule has 0 aliphatic carbocycles. The highest BCUT2D eigenvalue weighted by Crippen LogP contribution is 2.36. The number of amidine groups is 1. The standard InChI is InChI=1S/C16H24N4O7S4/c1-2-17-30(24,25)13-4-5-14-15(12-13)31(26,27)18-16(28-14)20-9-7-19(8-10-20)6-3-11-29(21,22)23/h4-5,12,17H,2-3,6-11H2,1H3,(H,21,22,23). The molecular formula is C16H24N4O7S4. The number of piperazine rings is 1. The van der Waals surface area contributed by atoms with Gasteiger partial charge in [-0.15, -0.1) is 4.40 Å². The first kappa shape index (κ1) is 24.4. The van der Waals surface area contributed by atoms with E-state index in [1.54, 1.807) is 6.92 Å². The lowest BCUT2D eigenvalue weighted by Gasteiger charge is -2.36. The Hall–Kier alpha value is -1.23. The largest absolute Gasteiger partial charge is 0.348 e. The van der Waals surface area contributed by atoms with Crippen LogP contribution in [-0.2, 0) is 30.2 Å². The number of nitrogens with one attached hydrogen (secondary N) is 1. The maximum atomic E-state index is 12.7. The fourth-order valence-electron chi connectivity index (χ4n) is 3.24. The molecule has 2 aliphatic heterocycles. The molecule has 11 nitrogen and oxygen atoms in total. The molecule has 1 fully saturated rings. The van der Waals surface area contributed by atoms with Crippen LogP contribution in [0.1, 0.15) is 13.3 Å². The van der Waals surface area contributed by atoms with Crippen LogP contribution in [0.4, 0.5) is 0 Å². The van der Waals surface area contributed by atoms with Crippen molar-refractivity contribution in [1.82, 2.24) is 14.5 Å². The van der Waals surface area contributed by atoms with E-state index in [1.807, 2.05) is 9.80 Å². The molecule has 0 saturated carbocycles. The van der Waals surface area contributed by atoms with Gasteiger partial charge in [-0.1, -0.05) is 6.92 Å². The second kappa shape index (κ2) is 9.33. The van der Waals surface area contributed by atoms with Crippen molar-refractivity contribution in [3.05, 3.63) is 18.2 Å². The van der Waals surface area contributed by atoms with Gasteiger partial charge in [0.05, 0.1) is 10.6 Å². The Balaban J connectivity index is 1.69. The number of thioether (sulfide) groups is 1. The fourth-order valence-corrected chi connectivity index (χ4v) is 7.58. The number of fused-ring (bicyclic) bond motifs is 1. The molecule has 0 amide bonds. The molecule has 2 aliphatic rings. The molecule has 2 N–H and O–H groups in total. The van der Waals surface area contributed by atoms with Gasteiger partial charge in [0.1, 0.15) is 4.90 Å². The molecular weight excluding hydrogens is 488 g/mol. The molecule has 0 bridgehead atoms. The van der Waals surface area contributed by atoms with E-state index in [0.29, 0.717) is 49.2 Å². The minimum absolute atomic E-state index is 0.130. The Bertz CT molecular complexity index is 1170. The van der Waals surface area contributed by atoms with Crippen LogP contribution in [-0.4, -0.2) is 89.8 Å². The summed E-state index contributed by atoms with van der Waals surface area (Å²) in [6.45, 7) is 4.54. The number of hydrogen-bond donors (Lipinski definition) is 2. The molecule has 0 aromatic heterocycles. The minimum atomic E-state index is -4.06. The predicted octanol–water partition coefficient (Wildman–Crippen LogP) is 0.0307. The number of rotatable bonds is 7. The van der Waals surface area contributed by atoms with Gasteiger partial charge in [0.25, 0.3) is 20.1 Å². The van der Waals surface area contributed by atoms with Gasteiger partial charge in [-0.05, 0) is 42.9 Å². The summed E-state index contributed by atoms with van der Waals surface area (Å²) >= 11 is 1.17. The second-order valence-electron chi connectivity index (χ2n) is 7.03. The van der Waals surface area contributed by atoms with Crippen LogP contribution in [0.25, 0.3) is 0 Å². The van der Waals surface area contributed by atoms with Crippen molar-refractivity contribution in [3.8, 4) is 0 Å². The lowest BCUT2D eigenvalue weighted by Crippen LogP contribution is -2.48. The maximum absolute atomic E-state index is 12.7. The molecule has 1 saturated heterocycles. The first-order valence-electron chi connectivity index (χ1n) is 9.50. The van der Waals surface area contributed by atoms with Crippen molar-refractivity contribution in [1.29, 1.82) is 0 Å². The van der Waals surface area contributed by atoms with Crippen LogP contribution in [0, 0.1) is 0 Å². The number of benzene rings is 1. The van der Waals surface area contributed by atoms with Gasteiger partial charge >= 0.3 is 0 Å². The normalized spacial score (nSPS) is 19.7. The maximum Gasteiger partial charge on any atom is 0.285 e. The Kier molecular flexibility index (Phi) is 7.35. The van der Waals surface area contributed by atoms with E-state index in [9.17, 15) is 25.3 Å². The predicted molar refractivity (Wildman–Crippen MR) is 117 cm³/mol. The minimum Gasteiger partial charge on any atom is -0.348 e. The zero-order valence-electron chi connectivity index (χ0n) is 16.8. The molecule has 0 atom stereocenters. The Morgan fingerprint density at radius 1 is 1.16 bits per heavy atom. The van der Waals surface area contributed by atoms with Crippen molar-refractivity contribution < 1.29 is 29.8 Å². The van der Waals surface area contributed by atoms with Crippen LogP contribution >= 0.6 is 11.8 Å². The molecule has 3 rings (SSSR count). The van der Waals surface area contributed by atoms with Gasteiger partial charge in [-0.3, -0.25) is 9.45 Å². The fraction of sp³-hybridized carbons (Fsp3) is 0.562. The van der Waals surface area contributed by atoms with Crippen molar-refractivity contribution in [3.63, 3.8) is 0 Å². The first-order chi connectivity index (χ1) is 14.4. The van der Waals surface area contributed by atoms with Gasteiger partial charge in [0, 0.05) is 37.6 Å². The second-order valence-corrected chi connectivity index (χ2v) is 12.9. The molecule has 31 heavy (non-hydrogen) atoms. The van der Waals surface area contributed by atoms with E-state index in [0.717, 1.165) is 6.07 Å². The van der Waals surface area contributed by atoms with Crippen LogP contribution in [0.3, 0.4) is 0 Å². The van der Waals surface area contributed by atoms with Gasteiger partial charge < -0.3 is 4.90 Å². The van der Waals surface area contributed by atoms with Crippen LogP contribution in [0.2, 0.25) is 0 Å². The van der Waals surface area contributed by atoms with Crippen LogP contribution in [0.15, 0.2) is 37.3 Å².